The minimum atomic E-state index is -0.101. The summed E-state index contributed by atoms with van der Waals surface area (Å²) in [5.41, 5.74) is 3.34. The van der Waals surface area contributed by atoms with Crippen molar-refractivity contribution in [2.75, 3.05) is 7.11 Å². The van der Waals surface area contributed by atoms with E-state index < -0.39 is 0 Å². The van der Waals surface area contributed by atoms with Crippen molar-refractivity contribution in [3.63, 3.8) is 0 Å². The summed E-state index contributed by atoms with van der Waals surface area (Å²) in [7, 11) is 1.64. The van der Waals surface area contributed by atoms with E-state index in [-0.39, 0.29) is 5.56 Å². The fourth-order valence-corrected chi connectivity index (χ4v) is 3.17. The highest BCUT2D eigenvalue weighted by molar-refractivity contribution is 5.97. The van der Waals surface area contributed by atoms with Crippen LogP contribution in [0.2, 0.25) is 0 Å². The lowest BCUT2D eigenvalue weighted by atomic mass is 9.99. The third kappa shape index (κ3) is 2.88. The van der Waals surface area contributed by atoms with E-state index in [0.29, 0.717) is 12.1 Å². The average molecular weight is 345 g/mol. The van der Waals surface area contributed by atoms with Crippen LogP contribution in [0, 0.1) is 6.92 Å². The normalized spacial score (nSPS) is 11.0. The molecule has 0 unspecified atom stereocenters. The third-order valence-electron chi connectivity index (χ3n) is 4.61. The number of rotatable bonds is 4. The number of nitrogens with one attached hydrogen (secondary N) is 1. The molecule has 2 aromatic carbocycles. The van der Waals surface area contributed by atoms with E-state index >= 15 is 0 Å². The van der Waals surface area contributed by atoms with Crippen LogP contribution in [0.1, 0.15) is 11.4 Å². The van der Waals surface area contributed by atoms with Gasteiger partial charge in [-0.05, 0) is 47.5 Å². The first kappa shape index (κ1) is 16.1. The second-order valence-electron chi connectivity index (χ2n) is 6.28. The molecule has 1 N–H and O–H groups in total. The summed E-state index contributed by atoms with van der Waals surface area (Å²) in [5, 5.41) is 2.07. The van der Waals surface area contributed by atoms with E-state index in [1.165, 1.54) is 0 Å². The molecule has 0 radical (unpaired) electrons. The smallest absolute Gasteiger partial charge is 0.256 e. The number of aryl methyl sites for hydroxylation is 1. The largest absolute Gasteiger partial charge is 0.497 e. The van der Waals surface area contributed by atoms with E-state index in [0.717, 1.165) is 33.5 Å². The molecule has 0 saturated carbocycles. The molecule has 0 aliphatic carbocycles. The Hall–Kier alpha value is -3.34. The maximum Gasteiger partial charge on any atom is 0.256 e. The Morgan fingerprint density at radius 2 is 2.00 bits per heavy atom. The van der Waals surface area contributed by atoms with Gasteiger partial charge in [0, 0.05) is 23.1 Å². The summed E-state index contributed by atoms with van der Waals surface area (Å²) in [5.74, 6) is 0.772. The Balaban J connectivity index is 1.78. The van der Waals surface area contributed by atoms with Gasteiger partial charge in [-0.25, -0.2) is 4.98 Å². The van der Waals surface area contributed by atoms with Crippen molar-refractivity contribution < 1.29 is 4.74 Å². The molecule has 0 spiro atoms. The average Bonchev–Trinajstić information content (AvgIpc) is 3.06. The number of H-pyrrole nitrogens is 1. The van der Waals surface area contributed by atoms with Crippen molar-refractivity contribution in [2.24, 2.45) is 0 Å². The molecule has 0 aliphatic heterocycles. The molecule has 5 heteroatoms. The number of fused-ring (bicyclic) bond motifs is 1. The van der Waals surface area contributed by atoms with Gasteiger partial charge in [0.2, 0.25) is 0 Å². The first-order valence-electron chi connectivity index (χ1n) is 8.42. The number of hydrogen-bond acceptors (Lipinski definition) is 3. The molecule has 2 heterocycles. The highest BCUT2D eigenvalue weighted by atomic mass is 16.5. The van der Waals surface area contributed by atoms with Crippen LogP contribution in [-0.4, -0.2) is 21.6 Å². The minimum Gasteiger partial charge on any atom is -0.497 e. The molecule has 0 atom stereocenters. The van der Waals surface area contributed by atoms with Gasteiger partial charge < -0.3 is 14.3 Å². The van der Waals surface area contributed by atoms with E-state index in [9.17, 15) is 4.79 Å². The van der Waals surface area contributed by atoms with Gasteiger partial charge in [-0.1, -0.05) is 24.3 Å². The molecule has 26 heavy (non-hydrogen) atoms. The predicted molar refractivity (Wildman–Crippen MR) is 103 cm³/mol. The van der Waals surface area contributed by atoms with Crippen molar-refractivity contribution >= 4 is 10.8 Å². The molecule has 0 saturated heterocycles. The van der Waals surface area contributed by atoms with Gasteiger partial charge in [-0.15, -0.1) is 0 Å². The molecule has 130 valence electrons. The Kier molecular flexibility index (Phi) is 4.05. The van der Waals surface area contributed by atoms with Gasteiger partial charge in [-0.2, -0.15) is 0 Å². The molecule has 0 amide bonds. The van der Waals surface area contributed by atoms with Crippen LogP contribution in [0.25, 0.3) is 21.9 Å². The lowest BCUT2D eigenvalue weighted by Crippen LogP contribution is -2.13. The minimum absolute atomic E-state index is 0.101. The summed E-state index contributed by atoms with van der Waals surface area (Å²) in [6.07, 6.45) is 3.56. The van der Waals surface area contributed by atoms with E-state index in [4.69, 9.17) is 4.74 Å². The van der Waals surface area contributed by atoms with Crippen LogP contribution in [0.5, 0.6) is 5.75 Å². The van der Waals surface area contributed by atoms with Gasteiger partial charge >= 0.3 is 0 Å². The summed E-state index contributed by atoms with van der Waals surface area (Å²) < 4.78 is 7.33. The van der Waals surface area contributed by atoms with Crippen LogP contribution in [0.3, 0.4) is 0 Å². The van der Waals surface area contributed by atoms with Crippen LogP contribution in [0.4, 0.5) is 0 Å². The highest BCUT2D eigenvalue weighted by Gasteiger charge is 2.10. The van der Waals surface area contributed by atoms with Crippen LogP contribution in [-0.2, 0) is 6.54 Å². The Bertz CT molecular complexity index is 1140. The molecule has 5 nitrogen and oxygen atoms in total. The van der Waals surface area contributed by atoms with Crippen molar-refractivity contribution in [1.29, 1.82) is 0 Å². The number of hydrogen-bond donors (Lipinski definition) is 1. The Morgan fingerprint density at radius 3 is 2.73 bits per heavy atom. The van der Waals surface area contributed by atoms with Gasteiger partial charge in [0.1, 0.15) is 5.75 Å². The fraction of sp³-hybridized carbons (Fsp3) is 0.143. The lowest BCUT2D eigenvalue weighted by Gasteiger charge is -2.10. The third-order valence-corrected chi connectivity index (χ3v) is 4.61. The summed E-state index contributed by atoms with van der Waals surface area (Å²) in [6.45, 7) is 2.58. The van der Waals surface area contributed by atoms with Crippen LogP contribution < -0.4 is 10.3 Å². The number of ether oxygens (including phenoxy) is 1. The topological polar surface area (TPSA) is 59.9 Å². The molecule has 4 rings (SSSR count). The maximum atomic E-state index is 12.7. The van der Waals surface area contributed by atoms with E-state index in [1.807, 2.05) is 60.0 Å². The number of nitrogens with zero attached hydrogens (tertiary/aromatic N) is 2. The monoisotopic (exact) mass is 345 g/mol. The number of methoxy groups -OCH3 is 1. The van der Waals surface area contributed by atoms with Gasteiger partial charge in [0.25, 0.3) is 5.56 Å². The molecular formula is C21H19N3O2. The van der Waals surface area contributed by atoms with E-state index in [1.54, 1.807) is 19.6 Å². The van der Waals surface area contributed by atoms with Gasteiger partial charge in [-0.3, -0.25) is 4.79 Å². The van der Waals surface area contributed by atoms with Crippen molar-refractivity contribution in [1.82, 2.24) is 14.5 Å². The van der Waals surface area contributed by atoms with Crippen LogP contribution >= 0.6 is 0 Å². The van der Waals surface area contributed by atoms with Crippen molar-refractivity contribution in [3.05, 3.63) is 82.8 Å². The second kappa shape index (κ2) is 6.52. The summed E-state index contributed by atoms with van der Waals surface area (Å²) in [6, 6.07) is 15.7. The zero-order chi connectivity index (χ0) is 18.1. The number of aromatic nitrogens is 3. The molecule has 0 bridgehead atoms. The molecule has 2 aromatic heterocycles. The summed E-state index contributed by atoms with van der Waals surface area (Å²) >= 11 is 0. The molecular weight excluding hydrogens is 326 g/mol. The standard InChI is InChI=1S/C21H19N3O2/c1-14-11-22-13-24(14)12-16-7-9-19(21(25)23-16)18-5-3-4-15-6-8-17(26-2)10-20(15)18/h3-11,13H,12H2,1-2H3,(H,23,25). The first-order valence-corrected chi connectivity index (χ1v) is 8.42. The molecule has 4 aromatic rings. The second-order valence-corrected chi connectivity index (χ2v) is 6.28. The Morgan fingerprint density at radius 1 is 1.12 bits per heavy atom. The predicted octanol–water partition coefficient (Wildman–Crippen LogP) is 3.76. The first-order chi connectivity index (χ1) is 12.7. The zero-order valence-corrected chi connectivity index (χ0v) is 14.7. The quantitative estimate of drug-likeness (QED) is 0.613. The number of aromatic amines is 1. The van der Waals surface area contributed by atoms with E-state index in [2.05, 4.69) is 9.97 Å². The number of pyridine rings is 1. The Labute approximate surface area is 150 Å². The van der Waals surface area contributed by atoms with Gasteiger partial charge in [0.15, 0.2) is 0 Å². The van der Waals surface area contributed by atoms with Crippen molar-refractivity contribution in [2.45, 2.75) is 13.5 Å². The lowest BCUT2D eigenvalue weighted by molar-refractivity contribution is 0.415. The SMILES string of the molecule is COc1ccc2cccc(-c3ccc(Cn4cncc4C)[nH]c3=O)c2c1. The molecule has 0 aliphatic rings. The highest BCUT2D eigenvalue weighted by Crippen LogP contribution is 2.29. The molecule has 0 fully saturated rings. The van der Waals surface area contributed by atoms with Crippen LogP contribution in [0.15, 0.2) is 65.8 Å². The maximum absolute atomic E-state index is 12.7. The fourth-order valence-electron chi connectivity index (χ4n) is 3.17. The zero-order valence-electron chi connectivity index (χ0n) is 14.7. The van der Waals surface area contributed by atoms with Gasteiger partial charge in [0.05, 0.1) is 20.0 Å². The number of benzene rings is 2. The summed E-state index contributed by atoms with van der Waals surface area (Å²) in [4.78, 5) is 19.9. The number of imidazole rings is 1. The van der Waals surface area contributed by atoms with Crippen molar-refractivity contribution in [3.8, 4) is 16.9 Å².